The van der Waals surface area contributed by atoms with Crippen molar-refractivity contribution in [1.82, 2.24) is 0 Å². The van der Waals surface area contributed by atoms with Gasteiger partial charge in [0.25, 0.3) is 0 Å². The molecular formula is C14H22O2. The van der Waals surface area contributed by atoms with Gasteiger partial charge in [-0.05, 0) is 35.8 Å². The summed E-state index contributed by atoms with van der Waals surface area (Å²) < 4.78 is 0. The first-order chi connectivity index (χ1) is 7.25. The molecular weight excluding hydrogens is 200 g/mol. The Bertz CT molecular complexity index is 346. The number of aliphatic hydroxyl groups excluding tert-OH is 1. The van der Waals surface area contributed by atoms with E-state index in [1.807, 2.05) is 13.0 Å². The minimum atomic E-state index is -0.828. The Morgan fingerprint density at radius 2 is 2.00 bits per heavy atom. The molecule has 0 aromatic carbocycles. The molecule has 0 aromatic rings. The second-order valence-corrected chi connectivity index (χ2v) is 5.61. The molecule has 2 heteroatoms. The van der Waals surface area contributed by atoms with Gasteiger partial charge in [-0.25, -0.2) is 0 Å². The maximum atomic E-state index is 11.7. The van der Waals surface area contributed by atoms with Crippen LogP contribution in [0.15, 0.2) is 23.3 Å². The first-order valence-corrected chi connectivity index (χ1v) is 5.87. The topological polar surface area (TPSA) is 37.3 Å². The van der Waals surface area contributed by atoms with E-state index >= 15 is 0 Å². The molecule has 0 saturated heterocycles. The van der Waals surface area contributed by atoms with Crippen LogP contribution in [0.5, 0.6) is 0 Å². The Morgan fingerprint density at radius 1 is 1.44 bits per heavy atom. The van der Waals surface area contributed by atoms with Crippen molar-refractivity contribution in [3.8, 4) is 0 Å². The van der Waals surface area contributed by atoms with Crippen molar-refractivity contribution in [1.29, 1.82) is 0 Å². The minimum Gasteiger partial charge on any atom is -0.385 e. The van der Waals surface area contributed by atoms with Crippen LogP contribution in [-0.4, -0.2) is 17.0 Å². The van der Waals surface area contributed by atoms with Crippen molar-refractivity contribution in [3.05, 3.63) is 23.3 Å². The Morgan fingerprint density at radius 3 is 2.50 bits per heavy atom. The number of allylic oxidation sites excluding steroid dienone is 3. The lowest BCUT2D eigenvalue weighted by Crippen LogP contribution is -2.35. The molecule has 1 rings (SSSR count). The molecule has 0 aliphatic heterocycles. The van der Waals surface area contributed by atoms with E-state index < -0.39 is 6.10 Å². The largest absolute Gasteiger partial charge is 0.385 e. The third-order valence-corrected chi connectivity index (χ3v) is 3.16. The zero-order valence-electron chi connectivity index (χ0n) is 10.9. The lowest BCUT2D eigenvalue weighted by Gasteiger charge is -2.34. The molecule has 1 aliphatic carbocycles. The van der Waals surface area contributed by atoms with Crippen molar-refractivity contribution >= 4 is 5.78 Å². The minimum absolute atomic E-state index is 0.122. The van der Waals surface area contributed by atoms with Crippen LogP contribution in [0.3, 0.4) is 0 Å². The van der Waals surface area contributed by atoms with Gasteiger partial charge in [0.1, 0.15) is 6.10 Å². The highest BCUT2D eigenvalue weighted by Crippen LogP contribution is 2.39. The number of rotatable bonds is 2. The summed E-state index contributed by atoms with van der Waals surface area (Å²) in [7, 11) is 0. The van der Waals surface area contributed by atoms with Gasteiger partial charge in [0.2, 0.25) is 0 Å². The summed E-state index contributed by atoms with van der Waals surface area (Å²) in [4.78, 5) is 11.7. The number of carbonyl (C=O) groups is 1. The van der Waals surface area contributed by atoms with E-state index in [2.05, 4.69) is 33.8 Å². The second kappa shape index (κ2) is 4.54. The van der Waals surface area contributed by atoms with Gasteiger partial charge in [0.15, 0.2) is 5.78 Å². The highest BCUT2D eigenvalue weighted by atomic mass is 16.3. The molecule has 0 aromatic heterocycles. The highest BCUT2D eigenvalue weighted by molar-refractivity contribution is 6.00. The van der Waals surface area contributed by atoms with E-state index in [1.54, 1.807) is 0 Å². The molecule has 0 amide bonds. The quantitative estimate of drug-likeness (QED) is 0.780. The molecule has 2 nitrogen and oxygen atoms in total. The maximum absolute atomic E-state index is 11.7. The van der Waals surface area contributed by atoms with Crippen molar-refractivity contribution in [2.24, 2.45) is 11.3 Å². The van der Waals surface area contributed by atoms with Crippen LogP contribution in [0.4, 0.5) is 0 Å². The Kier molecular flexibility index (Phi) is 3.74. The van der Waals surface area contributed by atoms with E-state index in [0.29, 0.717) is 17.9 Å². The van der Waals surface area contributed by atoms with E-state index in [4.69, 9.17) is 0 Å². The predicted molar refractivity (Wildman–Crippen MR) is 66.1 cm³/mol. The average molecular weight is 222 g/mol. The summed E-state index contributed by atoms with van der Waals surface area (Å²) >= 11 is 0. The lowest BCUT2D eigenvalue weighted by atomic mass is 9.71. The van der Waals surface area contributed by atoms with Crippen LogP contribution in [0.2, 0.25) is 0 Å². The van der Waals surface area contributed by atoms with Gasteiger partial charge >= 0.3 is 0 Å². The van der Waals surface area contributed by atoms with E-state index in [0.717, 1.165) is 5.57 Å². The van der Waals surface area contributed by atoms with Crippen molar-refractivity contribution in [2.75, 3.05) is 0 Å². The van der Waals surface area contributed by atoms with Crippen LogP contribution < -0.4 is 0 Å². The van der Waals surface area contributed by atoms with Crippen LogP contribution in [0, 0.1) is 11.3 Å². The van der Waals surface area contributed by atoms with Crippen LogP contribution in [-0.2, 0) is 4.79 Å². The molecule has 0 heterocycles. The number of carbonyl (C=O) groups excluding carboxylic acids is 1. The number of ketones is 1. The Balaban J connectivity index is 3.14. The van der Waals surface area contributed by atoms with Crippen molar-refractivity contribution < 1.29 is 9.90 Å². The van der Waals surface area contributed by atoms with Gasteiger partial charge < -0.3 is 5.11 Å². The van der Waals surface area contributed by atoms with Gasteiger partial charge in [0, 0.05) is 0 Å². The number of hydrogen-bond donors (Lipinski definition) is 1. The van der Waals surface area contributed by atoms with E-state index in [-0.39, 0.29) is 11.2 Å². The second-order valence-electron chi connectivity index (χ2n) is 5.61. The standard InChI is InChI=1S/C14H22O2/c1-9(2)6-7-11-10(3)13(16)12(15)8-14(11,4)5/h6-7,9,12,15H,8H2,1-5H3/b7-6+/t12-/m0/s1. The first kappa shape index (κ1) is 13.2. The molecule has 0 bridgehead atoms. The molecule has 90 valence electrons. The number of hydrogen-bond acceptors (Lipinski definition) is 2. The first-order valence-electron chi connectivity index (χ1n) is 5.87. The van der Waals surface area contributed by atoms with E-state index in [1.165, 1.54) is 0 Å². The summed E-state index contributed by atoms with van der Waals surface area (Å²) in [6, 6.07) is 0. The fraction of sp³-hybridized carbons (Fsp3) is 0.643. The van der Waals surface area contributed by atoms with Crippen molar-refractivity contribution in [3.63, 3.8) is 0 Å². The number of Topliss-reactive ketones (excluding diaryl/α,β-unsaturated/α-hetero) is 1. The zero-order valence-corrected chi connectivity index (χ0v) is 10.9. The molecule has 0 radical (unpaired) electrons. The summed E-state index contributed by atoms with van der Waals surface area (Å²) in [5, 5.41) is 9.67. The third-order valence-electron chi connectivity index (χ3n) is 3.16. The maximum Gasteiger partial charge on any atom is 0.187 e. The molecule has 16 heavy (non-hydrogen) atoms. The van der Waals surface area contributed by atoms with Crippen molar-refractivity contribution in [2.45, 2.75) is 47.1 Å². The molecule has 0 saturated carbocycles. The predicted octanol–water partition coefficient (Wildman–Crippen LogP) is 2.88. The van der Waals surface area contributed by atoms with Gasteiger partial charge in [-0.1, -0.05) is 39.8 Å². The Hall–Kier alpha value is -0.890. The van der Waals surface area contributed by atoms with Gasteiger partial charge in [-0.2, -0.15) is 0 Å². The van der Waals surface area contributed by atoms with Crippen LogP contribution >= 0.6 is 0 Å². The van der Waals surface area contributed by atoms with Crippen LogP contribution in [0.1, 0.15) is 41.0 Å². The average Bonchev–Trinajstić information content (AvgIpc) is 2.12. The van der Waals surface area contributed by atoms with Gasteiger partial charge in [-0.3, -0.25) is 4.79 Å². The number of aliphatic hydroxyl groups is 1. The van der Waals surface area contributed by atoms with Gasteiger partial charge in [-0.15, -0.1) is 0 Å². The highest BCUT2D eigenvalue weighted by Gasteiger charge is 2.36. The van der Waals surface area contributed by atoms with Crippen LogP contribution in [0.25, 0.3) is 0 Å². The molecule has 0 spiro atoms. The molecule has 0 fully saturated rings. The monoisotopic (exact) mass is 222 g/mol. The fourth-order valence-electron chi connectivity index (χ4n) is 2.22. The fourth-order valence-corrected chi connectivity index (χ4v) is 2.22. The summed E-state index contributed by atoms with van der Waals surface area (Å²) in [6.07, 6.45) is 3.84. The summed E-state index contributed by atoms with van der Waals surface area (Å²) in [6.45, 7) is 10.2. The van der Waals surface area contributed by atoms with E-state index in [9.17, 15) is 9.90 Å². The van der Waals surface area contributed by atoms with Gasteiger partial charge in [0.05, 0.1) is 0 Å². The molecule has 0 unspecified atom stereocenters. The Labute approximate surface area is 98.1 Å². The lowest BCUT2D eigenvalue weighted by molar-refractivity contribution is -0.125. The SMILES string of the molecule is CC1=C(/C=C/C(C)C)C(C)(C)C[C@H](O)C1=O. The molecule has 1 N–H and O–H groups in total. The normalized spacial score (nSPS) is 25.9. The zero-order chi connectivity index (χ0) is 12.5. The third kappa shape index (κ3) is 2.62. The smallest absolute Gasteiger partial charge is 0.187 e. The summed E-state index contributed by atoms with van der Waals surface area (Å²) in [5.74, 6) is 0.348. The molecule has 1 atom stereocenters. The molecule has 1 aliphatic rings. The summed E-state index contributed by atoms with van der Waals surface area (Å²) in [5.41, 5.74) is 1.65.